The molecule has 110 valence electrons. The number of halogens is 4. The zero-order chi connectivity index (χ0) is 15.0. The van der Waals surface area contributed by atoms with Crippen LogP contribution in [-0.4, -0.2) is 13.1 Å². The molecule has 0 spiro atoms. The zero-order valence-corrected chi connectivity index (χ0v) is 14.3. The van der Waals surface area contributed by atoms with Crippen LogP contribution in [0.15, 0.2) is 45.3 Å². The molecule has 1 fully saturated rings. The molecule has 3 rings (SSSR count). The highest BCUT2D eigenvalue weighted by Gasteiger charge is 2.40. The van der Waals surface area contributed by atoms with Gasteiger partial charge in [-0.25, -0.2) is 8.78 Å². The van der Waals surface area contributed by atoms with Crippen LogP contribution in [0.1, 0.15) is 11.1 Å². The lowest BCUT2D eigenvalue weighted by atomic mass is 9.71. The summed E-state index contributed by atoms with van der Waals surface area (Å²) in [7, 11) is 0. The smallest absolute Gasteiger partial charge is 0.143 e. The van der Waals surface area contributed by atoms with Gasteiger partial charge in [0, 0.05) is 28.5 Å². The van der Waals surface area contributed by atoms with Gasteiger partial charge in [0.05, 0.1) is 4.47 Å². The molecule has 21 heavy (non-hydrogen) atoms. The average Bonchev–Trinajstić information content (AvgIpc) is 2.42. The number of nitrogens with one attached hydrogen (secondary N) is 1. The Balaban J connectivity index is 2.01. The van der Waals surface area contributed by atoms with Crippen molar-refractivity contribution in [3.8, 4) is 0 Å². The van der Waals surface area contributed by atoms with Crippen LogP contribution in [0.25, 0.3) is 0 Å². The Hall–Kier alpha value is -0.780. The van der Waals surface area contributed by atoms with Crippen LogP contribution in [0.2, 0.25) is 0 Å². The molecule has 0 atom stereocenters. The van der Waals surface area contributed by atoms with E-state index in [2.05, 4.69) is 37.2 Å². The number of hydrogen-bond acceptors (Lipinski definition) is 1. The Labute approximate surface area is 139 Å². The van der Waals surface area contributed by atoms with E-state index < -0.39 is 11.6 Å². The van der Waals surface area contributed by atoms with Crippen molar-refractivity contribution in [2.24, 2.45) is 0 Å². The molecule has 1 saturated heterocycles. The predicted molar refractivity (Wildman–Crippen MR) is 86.5 cm³/mol. The second kappa shape index (κ2) is 5.78. The molecule has 1 aliphatic rings. The van der Waals surface area contributed by atoms with E-state index in [1.54, 1.807) is 0 Å². The zero-order valence-electron chi connectivity index (χ0n) is 11.1. The Kier molecular flexibility index (Phi) is 4.17. The minimum atomic E-state index is -0.503. The number of benzene rings is 2. The second-order valence-corrected chi connectivity index (χ2v) is 7.16. The van der Waals surface area contributed by atoms with Crippen LogP contribution in [0, 0.1) is 11.6 Å². The van der Waals surface area contributed by atoms with Gasteiger partial charge >= 0.3 is 0 Å². The van der Waals surface area contributed by atoms with Crippen LogP contribution in [0.3, 0.4) is 0 Å². The van der Waals surface area contributed by atoms with Crippen LogP contribution in [0.4, 0.5) is 8.78 Å². The standard InChI is InChI=1S/C16H13Br2F2N/c17-11-3-1-2-10(6-11)16(8-21-9-16)7-12-14(19)5-4-13(18)15(12)20/h1-6,21H,7-9H2. The topological polar surface area (TPSA) is 12.0 Å². The van der Waals surface area contributed by atoms with E-state index in [1.165, 1.54) is 12.1 Å². The van der Waals surface area contributed by atoms with Gasteiger partial charge in [0.15, 0.2) is 0 Å². The second-order valence-electron chi connectivity index (χ2n) is 5.39. The van der Waals surface area contributed by atoms with E-state index in [9.17, 15) is 8.78 Å². The van der Waals surface area contributed by atoms with Crippen molar-refractivity contribution in [1.29, 1.82) is 0 Å². The third kappa shape index (κ3) is 2.79. The number of hydrogen-bond donors (Lipinski definition) is 1. The molecule has 1 nitrogen and oxygen atoms in total. The van der Waals surface area contributed by atoms with Gasteiger partial charge in [0.1, 0.15) is 11.6 Å². The van der Waals surface area contributed by atoms with Crippen molar-refractivity contribution in [2.75, 3.05) is 13.1 Å². The molecule has 5 heteroatoms. The number of rotatable bonds is 3. The molecule has 1 heterocycles. The largest absolute Gasteiger partial charge is 0.315 e. The van der Waals surface area contributed by atoms with Crippen molar-refractivity contribution in [2.45, 2.75) is 11.8 Å². The summed E-state index contributed by atoms with van der Waals surface area (Å²) in [5.74, 6) is -0.992. The third-order valence-electron chi connectivity index (χ3n) is 4.02. The van der Waals surface area contributed by atoms with Gasteiger partial charge in [-0.2, -0.15) is 0 Å². The fraction of sp³-hybridized carbons (Fsp3) is 0.250. The molecule has 2 aromatic rings. The molecular formula is C16H13Br2F2N. The molecule has 0 bridgehead atoms. The van der Waals surface area contributed by atoms with Crippen molar-refractivity contribution in [3.63, 3.8) is 0 Å². The van der Waals surface area contributed by atoms with Gasteiger partial charge in [-0.05, 0) is 52.2 Å². The highest BCUT2D eigenvalue weighted by Crippen LogP contribution is 2.36. The van der Waals surface area contributed by atoms with Crippen LogP contribution in [0.5, 0.6) is 0 Å². The maximum Gasteiger partial charge on any atom is 0.143 e. The predicted octanol–water partition coefficient (Wildman–Crippen LogP) is 4.57. The lowest BCUT2D eigenvalue weighted by Gasteiger charge is -2.43. The van der Waals surface area contributed by atoms with Crippen molar-refractivity contribution < 1.29 is 8.78 Å². The summed E-state index contributed by atoms with van der Waals surface area (Å²) in [4.78, 5) is 0. The van der Waals surface area contributed by atoms with Crippen molar-refractivity contribution in [1.82, 2.24) is 5.32 Å². The minimum Gasteiger partial charge on any atom is -0.315 e. The van der Waals surface area contributed by atoms with Gasteiger partial charge in [0.2, 0.25) is 0 Å². The molecule has 0 radical (unpaired) electrons. The Morgan fingerprint density at radius 1 is 1.10 bits per heavy atom. The SMILES string of the molecule is Fc1ccc(Br)c(F)c1CC1(c2cccc(Br)c2)CNC1. The molecular weight excluding hydrogens is 404 g/mol. The van der Waals surface area contributed by atoms with E-state index in [4.69, 9.17) is 0 Å². The fourth-order valence-corrected chi connectivity index (χ4v) is 3.52. The average molecular weight is 417 g/mol. The van der Waals surface area contributed by atoms with Gasteiger partial charge in [-0.15, -0.1) is 0 Å². The first-order valence-corrected chi connectivity index (χ1v) is 8.20. The maximum absolute atomic E-state index is 14.2. The molecule has 0 unspecified atom stereocenters. The van der Waals surface area contributed by atoms with Crippen LogP contribution >= 0.6 is 31.9 Å². The summed E-state index contributed by atoms with van der Waals surface area (Å²) < 4.78 is 29.5. The highest BCUT2D eigenvalue weighted by molar-refractivity contribution is 9.10. The first kappa shape index (κ1) is 15.1. The molecule has 0 amide bonds. The fourth-order valence-electron chi connectivity index (χ4n) is 2.75. The summed E-state index contributed by atoms with van der Waals surface area (Å²) >= 11 is 6.59. The van der Waals surface area contributed by atoms with Crippen LogP contribution in [-0.2, 0) is 11.8 Å². The van der Waals surface area contributed by atoms with Gasteiger partial charge < -0.3 is 5.32 Å². The summed E-state index contributed by atoms with van der Waals surface area (Å²) in [5, 5.41) is 3.22. The lowest BCUT2D eigenvalue weighted by Crippen LogP contribution is -2.58. The maximum atomic E-state index is 14.2. The first-order valence-electron chi connectivity index (χ1n) is 6.61. The third-order valence-corrected chi connectivity index (χ3v) is 5.12. The van der Waals surface area contributed by atoms with E-state index in [1.807, 2.05) is 24.3 Å². The summed E-state index contributed by atoms with van der Waals surface area (Å²) in [6, 6.07) is 10.6. The molecule has 1 N–H and O–H groups in total. The van der Waals surface area contributed by atoms with Crippen molar-refractivity contribution >= 4 is 31.9 Å². The molecule has 2 aromatic carbocycles. The summed E-state index contributed by atoms with van der Waals surface area (Å²) in [5.41, 5.74) is 0.979. The van der Waals surface area contributed by atoms with Crippen molar-refractivity contribution in [3.05, 3.63) is 68.1 Å². The van der Waals surface area contributed by atoms with Gasteiger partial charge in [0.25, 0.3) is 0 Å². The normalized spacial score (nSPS) is 16.6. The molecule has 0 aromatic heterocycles. The summed E-state index contributed by atoms with van der Waals surface area (Å²) in [6.45, 7) is 1.43. The first-order chi connectivity index (χ1) is 10.0. The summed E-state index contributed by atoms with van der Waals surface area (Å²) in [6.07, 6.45) is 0.341. The monoisotopic (exact) mass is 415 g/mol. The Bertz CT molecular complexity index is 684. The molecule has 0 saturated carbocycles. The Morgan fingerprint density at radius 3 is 2.48 bits per heavy atom. The molecule has 0 aliphatic carbocycles. The molecule has 1 aliphatic heterocycles. The van der Waals surface area contributed by atoms with Gasteiger partial charge in [-0.1, -0.05) is 28.1 Å². The van der Waals surface area contributed by atoms with E-state index in [-0.39, 0.29) is 11.0 Å². The minimum absolute atomic E-state index is 0.144. The van der Waals surface area contributed by atoms with Gasteiger partial charge in [-0.3, -0.25) is 0 Å². The van der Waals surface area contributed by atoms with Crippen LogP contribution < -0.4 is 5.32 Å². The lowest BCUT2D eigenvalue weighted by molar-refractivity contribution is 0.268. The highest BCUT2D eigenvalue weighted by atomic mass is 79.9. The van der Waals surface area contributed by atoms with E-state index in [0.29, 0.717) is 10.9 Å². The van der Waals surface area contributed by atoms with E-state index in [0.717, 1.165) is 23.1 Å². The Morgan fingerprint density at radius 2 is 1.86 bits per heavy atom. The quantitative estimate of drug-likeness (QED) is 0.722. The van der Waals surface area contributed by atoms with E-state index >= 15 is 0 Å².